The van der Waals surface area contributed by atoms with E-state index in [0.29, 0.717) is 12.0 Å². The second kappa shape index (κ2) is 9.33. The van der Waals surface area contributed by atoms with Crippen molar-refractivity contribution in [1.29, 1.82) is 0 Å². The van der Waals surface area contributed by atoms with Gasteiger partial charge in [-0.1, -0.05) is 69.2 Å². The van der Waals surface area contributed by atoms with Gasteiger partial charge in [-0.15, -0.1) is 0 Å². The molecule has 0 spiro atoms. The number of benzene rings is 1. The van der Waals surface area contributed by atoms with Crippen LogP contribution in [0.4, 0.5) is 4.39 Å². The minimum atomic E-state index is -0.473. The van der Waals surface area contributed by atoms with Crippen molar-refractivity contribution in [3.05, 3.63) is 34.6 Å². The van der Waals surface area contributed by atoms with Gasteiger partial charge in [-0.25, -0.2) is 4.39 Å². The second-order valence-corrected chi connectivity index (χ2v) is 5.53. The van der Waals surface area contributed by atoms with Crippen molar-refractivity contribution < 1.29 is 9.50 Å². The van der Waals surface area contributed by atoms with Gasteiger partial charge in [-0.05, 0) is 18.1 Å². The number of rotatable bonds is 9. The lowest BCUT2D eigenvalue weighted by Gasteiger charge is -2.11. The van der Waals surface area contributed by atoms with Crippen LogP contribution in [0.1, 0.15) is 57.4 Å². The summed E-state index contributed by atoms with van der Waals surface area (Å²) in [6.45, 7) is 2.20. The van der Waals surface area contributed by atoms with Crippen LogP contribution in [-0.2, 0) is 6.42 Å². The molecule has 0 heterocycles. The van der Waals surface area contributed by atoms with Crippen LogP contribution in [0.25, 0.3) is 0 Å². The zero-order chi connectivity index (χ0) is 14.1. The van der Waals surface area contributed by atoms with E-state index in [9.17, 15) is 9.50 Å². The van der Waals surface area contributed by atoms with Crippen LogP contribution < -0.4 is 0 Å². The van der Waals surface area contributed by atoms with Crippen LogP contribution in [0, 0.1) is 5.82 Å². The van der Waals surface area contributed by atoms with Crippen LogP contribution in [0.3, 0.4) is 0 Å². The Morgan fingerprint density at radius 1 is 1.16 bits per heavy atom. The molecule has 0 fully saturated rings. The van der Waals surface area contributed by atoms with Crippen molar-refractivity contribution in [3.63, 3.8) is 0 Å². The van der Waals surface area contributed by atoms with Gasteiger partial charge in [0.25, 0.3) is 0 Å². The normalized spacial score (nSPS) is 12.6. The first-order valence-corrected chi connectivity index (χ1v) is 7.64. The van der Waals surface area contributed by atoms with Gasteiger partial charge < -0.3 is 5.11 Å². The molecule has 0 aromatic heterocycles. The van der Waals surface area contributed by atoms with Gasteiger partial charge in [-0.3, -0.25) is 0 Å². The summed E-state index contributed by atoms with van der Waals surface area (Å²) in [4.78, 5) is 0. The lowest BCUT2D eigenvalue weighted by molar-refractivity contribution is 0.159. The maximum atomic E-state index is 13.6. The van der Waals surface area contributed by atoms with Gasteiger partial charge in [0.05, 0.1) is 11.1 Å². The third-order valence-electron chi connectivity index (χ3n) is 3.38. The molecule has 1 rings (SSSR count). The van der Waals surface area contributed by atoms with Gasteiger partial charge in [-0.2, -0.15) is 0 Å². The molecule has 0 aliphatic heterocycles. The zero-order valence-corrected chi connectivity index (χ0v) is 12.4. The first kappa shape index (κ1) is 16.5. The molecule has 108 valence electrons. The highest BCUT2D eigenvalue weighted by Crippen LogP contribution is 2.20. The summed E-state index contributed by atoms with van der Waals surface area (Å²) in [6, 6.07) is 4.93. The van der Waals surface area contributed by atoms with E-state index in [1.807, 2.05) is 0 Å². The Labute approximate surface area is 120 Å². The Kier molecular flexibility index (Phi) is 8.08. The lowest BCUT2D eigenvalue weighted by atomic mass is 10.0. The van der Waals surface area contributed by atoms with Gasteiger partial charge in [0, 0.05) is 6.42 Å². The molecule has 19 heavy (non-hydrogen) atoms. The SMILES string of the molecule is CCCCCCCCC(O)Cc1cccc(Cl)c1F. The van der Waals surface area contributed by atoms with E-state index >= 15 is 0 Å². The molecule has 0 bridgehead atoms. The maximum absolute atomic E-state index is 13.6. The molecular formula is C16H24ClFO. The minimum absolute atomic E-state index is 0.129. The molecule has 0 aliphatic rings. The number of aliphatic hydroxyl groups excluding tert-OH is 1. The van der Waals surface area contributed by atoms with Crippen LogP contribution in [0.5, 0.6) is 0 Å². The summed E-state index contributed by atoms with van der Waals surface area (Å²) in [6.07, 6.45) is 7.80. The smallest absolute Gasteiger partial charge is 0.145 e. The van der Waals surface area contributed by atoms with E-state index in [1.54, 1.807) is 12.1 Å². The molecular weight excluding hydrogens is 263 g/mol. The van der Waals surface area contributed by atoms with Gasteiger partial charge in [0.2, 0.25) is 0 Å². The fraction of sp³-hybridized carbons (Fsp3) is 0.625. The monoisotopic (exact) mass is 286 g/mol. The molecule has 1 N–H and O–H groups in total. The zero-order valence-electron chi connectivity index (χ0n) is 11.7. The van der Waals surface area contributed by atoms with Crippen molar-refractivity contribution in [2.45, 2.75) is 64.4 Å². The van der Waals surface area contributed by atoms with Gasteiger partial charge in [0.15, 0.2) is 0 Å². The molecule has 3 heteroatoms. The van der Waals surface area contributed by atoms with Crippen molar-refractivity contribution in [1.82, 2.24) is 0 Å². The molecule has 1 aromatic rings. The van der Waals surface area contributed by atoms with Crippen LogP contribution >= 0.6 is 11.6 Å². The maximum Gasteiger partial charge on any atom is 0.145 e. The summed E-state index contributed by atoms with van der Waals surface area (Å²) in [5, 5.41) is 10.0. The molecule has 1 unspecified atom stereocenters. The summed E-state index contributed by atoms with van der Waals surface area (Å²) < 4.78 is 13.6. The Morgan fingerprint density at radius 2 is 1.84 bits per heavy atom. The fourth-order valence-electron chi connectivity index (χ4n) is 2.22. The third kappa shape index (κ3) is 6.40. The van der Waals surface area contributed by atoms with Crippen LogP contribution in [0.2, 0.25) is 5.02 Å². The largest absolute Gasteiger partial charge is 0.393 e. The molecule has 0 radical (unpaired) electrons. The first-order valence-electron chi connectivity index (χ1n) is 7.26. The van der Waals surface area contributed by atoms with Crippen LogP contribution in [-0.4, -0.2) is 11.2 Å². The van der Waals surface area contributed by atoms with Crippen molar-refractivity contribution in [3.8, 4) is 0 Å². The average Bonchev–Trinajstić information content (AvgIpc) is 2.39. The fourth-order valence-corrected chi connectivity index (χ4v) is 2.42. The van der Waals surface area contributed by atoms with Crippen molar-refractivity contribution in [2.75, 3.05) is 0 Å². The van der Waals surface area contributed by atoms with Gasteiger partial charge in [0.1, 0.15) is 5.82 Å². The molecule has 0 aliphatic carbocycles. The average molecular weight is 287 g/mol. The number of halogens is 2. The standard InChI is InChI=1S/C16H24ClFO/c1-2-3-4-5-6-7-10-14(19)12-13-9-8-11-15(17)16(13)18/h8-9,11,14,19H,2-7,10,12H2,1H3. The Bertz CT molecular complexity index is 368. The van der Waals surface area contributed by atoms with Crippen molar-refractivity contribution in [2.24, 2.45) is 0 Å². The quantitative estimate of drug-likeness (QED) is 0.624. The molecule has 1 nitrogen and oxygen atoms in total. The number of hydrogen-bond donors (Lipinski definition) is 1. The van der Waals surface area contributed by atoms with E-state index < -0.39 is 11.9 Å². The predicted octanol–water partition coefficient (Wildman–Crippen LogP) is 5.13. The molecule has 0 amide bonds. The van der Waals surface area contributed by atoms with E-state index in [2.05, 4.69) is 6.92 Å². The van der Waals surface area contributed by atoms with E-state index in [0.717, 1.165) is 19.3 Å². The number of hydrogen-bond acceptors (Lipinski definition) is 1. The Morgan fingerprint density at radius 3 is 2.58 bits per heavy atom. The van der Waals surface area contributed by atoms with Crippen LogP contribution in [0.15, 0.2) is 18.2 Å². The topological polar surface area (TPSA) is 20.2 Å². The highest BCUT2D eigenvalue weighted by atomic mass is 35.5. The highest BCUT2D eigenvalue weighted by molar-refractivity contribution is 6.30. The lowest BCUT2D eigenvalue weighted by Crippen LogP contribution is -2.11. The molecule has 0 saturated carbocycles. The Hall–Kier alpha value is -0.600. The van der Waals surface area contributed by atoms with E-state index in [-0.39, 0.29) is 5.02 Å². The minimum Gasteiger partial charge on any atom is -0.393 e. The van der Waals surface area contributed by atoms with Gasteiger partial charge >= 0.3 is 0 Å². The second-order valence-electron chi connectivity index (χ2n) is 5.13. The van der Waals surface area contributed by atoms with E-state index in [1.165, 1.54) is 31.7 Å². The molecule has 1 aromatic carbocycles. The first-order chi connectivity index (χ1) is 9.15. The molecule has 1 atom stereocenters. The Balaban J connectivity index is 2.23. The third-order valence-corrected chi connectivity index (χ3v) is 3.67. The van der Waals surface area contributed by atoms with E-state index in [4.69, 9.17) is 11.6 Å². The summed E-state index contributed by atoms with van der Waals surface area (Å²) >= 11 is 5.72. The molecule has 0 saturated heterocycles. The summed E-state index contributed by atoms with van der Waals surface area (Å²) in [5.41, 5.74) is 0.506. The predicted molar refractivity (Wildman–Crippen MR) is 79.1 cm³/mol. The highest BCUT2D eigenvalue weighted by Gasteiger charge is 2.11. The van der Waals surface area contributed by atoms with Crippen molar-refractivity contribution >= 4 is 11.6 Å². The number of aliphatic hydroxyl groups is 1. The summed E-state index contributed by atoms with van der Waals surface area (Å²) in [7, 11) is 0. The number of unbranched alkanes of at least 4 members (excludes halogenated alkanes) is 5. The summed E-state index contributed by atoms with van der Waals surface area (Å²) in [5.74, 6) is -0.397.